The van der Waals surface area contributed by atoms with E-state index in [4.69, 9.17) is 28.9 Å². The summed E-state index contributed by atoms with van der Waals surface area (Å²) in [5.41, 5.74) is 7.43. The Labute approximate surface area is 129 Å². The molecule has 0 aliphatic heterocycles. The Morgan fingerprint density at radius 3 is 2.58 bits per heavy atom. The van der Waals surface area contributed by atoms with Crippen molar-refractivity contribution in [2.24, 2.45) is 5.73 Å². The van der Waals surface area contributed by atoms with E-state index < -0.39 is 5.82 Å². The molecule has 5 heteroatoms. The second-order valence-electron chi connectivity index (χ2n) is 4.20. The Bertz CT molecular complexity index is 604. The molecule has 2 aromatic carbocycles. The van der Waals surface area contributed by atoms with E-state index in [1.165, 1.54) is 6.07 Å². The van der Waals surface area contributed by atoms with Crippen LogP contribution in [0.25, 0.3) is 0 Å². The minimum absolute atomic E-state index is 0.110. The monoisotopic (exact) mass is 361 g/mol. The maximum atomic E-state index is 13.8. The van der Waals surface area contributed by atoms with Gasteiger partial charge in [0.1, 0.15) is 5.82 Å². The Hall–Kier alpha value is -0.610. The van der Waals surface area contributed by atoms with Crippen LogP contribution in [0.2, 0.25) is 10.0 Å². The standard InChI is InChI=1S/C14H11BrCl2FN/c15-10-5-4-8(6-12(10)17)13(19)7-9-2-1-3-11(16)14(9)18/h1-6,13H,7,19H2. The van der Waals surface area contributed by atoms with Crippen LogP contribution in [0.5, 0.6) is 0 Å². The summed E-state index contributed by atoms with van der Waals surface area (Å²) in [6.07, 6.45) is 0.365. The normalized spacial score (nSPS) is 12.5. The highest BCUT2D eigenvalue weighted by atomic mass is 79.9. The average molecular weight is 363 g/mol. The molecule has 2 N–H and O–H groups in total. The Morgan fingerprint density at radius 1 is 1.16 bits per heavy atom. The van der Waals surface area contributed by atoms with Crippen molar-refractivity contribution >= 4 is 39.1 Å². The number of halogens is 4. The van der Waals surface area contributed by atoms with Gasteiger partial charge in [-0.3, -0.25) is 0 Å². The molecule has 0 aliphatic rings. The van der Waals surface area contributed by atoms with Crippen LogP contribution in [-0.2, 0) is 6.42 Å². The van der Waals surface area contributed by atoms with E-state index in [0.29, 0.717) is 17.0 Å². The molecule has 0 bridgehead atoms. The molecule has 1 atom stereocenters. The molecule has 1 nitrogen and oxygen atoms in total. The van der Waals surface area contributed by atoms with Crippen molar-refractivity contribution in [3.8, 4) is 0 Å². The quantitative estimate of drug-likeness (QED) is 0.803. The van der Waals surface area contributed by atoms with E-state index in [1.807, 2.05) is 12.1 Å². The Morgan fingerprint density at radius 2 is 1.89 bits per heavy atom. The van der Waals surface area contributed by atoms with Gasteiger partial charge in [-0.15, -0.1) is 0 Å². The molecule has 100 valence electrons. The second kappa shape index (κ2) is 6.23. The number of hydrogen-bond donors (Lipinski definition) is 1. The van der Waals surface area contributed by atoms with Crippen LogP contribution in [0.3, 0.4) is 0 Å². The van der Waals surface area contributed by atoms with Gasteiger partial charge < -0.3 is 5.73 Å². The fourth-order valence-corrected chi connectivity index (χ4v) is 2.43. The fourth-order valence-electron chi connectivity index (χ4n) is 1.80. The number of hydrogen-bond acceptors (Lipinski definition) is 1. The van der Waals surface area contributed by atoms with Crippen LogP contribution in [-0.4, -0.2) is 0 Å². The largest absolute Gasteiger partial charge is 0.324 e. The van der Waals surface area contributed by atoms with Crippen LogP contribution in [0.15, 0.2) is 40.9 Å². The highest BCUT2D eigenvalue weighted by Crippen LogP contribution is 2.28. The van der Waals surface area contributed by atoms with Gasteiger partial charge in [0.2, 0.25) is 0 Å². The van der Waals surface area contributed by atoms with Crippen LogP contribution in [0.4, 0.5) is 4.39 Å². The number of benzene rings is 2. The maximum Gasteiger partial charge on any atom is 0.145 e. The van der Waals surface area contributed by atoms with Crippen molar-refractivity contribution in [1.29, 1.82) is 0 Å². The Kier molecular flexibility index (Phi) is 4.85. The fraction of sp³-hybridized carbons (Fsp3) is 0.143. The highest BCUT2D eigenvalue weighted by Gasteiger charge is 2.13. The summed E-state index contributed by atoms with van der Waals surface area (Å²) in [6.45, 7) is 0. The third-order valence-electron chi connectivity index (χ3n) is 2.84. The van der Waals surface area contributed by atoms with Crippen LogP contribution in [0, 0.1) is 5.82 Å². The van der Waals surface area contributed by atoms with Crippen LogP contribution in [0.1, 0.15) is 17.2 Å². The van der Waals surface area contributed by atoms with Gasteiger partial charge in [0, 0.05) is 10.5 Å². The molecule has 1 unspecified atom stereocenters. The molecule has 0 amide bonds. The molecule has 0 saturated carbocycles. The van der Waals surface area contributed by atoms with Gasteiger partial charge in [-0.2, -0.15) is 0 Å². The van der Waals surface area contributed by atoms with E-state index in [-0.39, 0.29) is 11.1 Å². The van der Waals surface area contributed by atoms with Crippen LogP contribution < -0.4 is 5.73 Å². The molecule has 0 fully saturated rings. The van der Waals surface area contributed by atoms with Gasteiger partial charge in [-0.25, -0.2) is 4.39 Å². The first kappa shape index (κ1) is 14.8. The first-order valence-corrected chi connectivity index (χ1v) is 7.17. The third-order valence-corrected chi connectivity index (χ3v) is 4.37. The van der Waals surface area contributed by atoms with Gasteiger partial charge in [0.25, 0.3) is 0 Å². The lowest BCUT2D eigenvalue weighted by molar-refractivity contribution is 0.594. The minimum atomic E-state index is -0.414. The van der Waals surface area contributed by atoms with E-state index >= 15 is 0 Å². The molecule has 19 heavy (non-hydrogen) atoms. The Balaban J connectivity index is 2.23. The first-order chi connectivity index (χ1) is 8.99. The van der Waals surface area contributed by atoms with Crippen molar-refractivity contribution in [2.75, 3.05) is 0 Å². The van der Waals surface area contributed by atoms with Crippen molar-refractivity contribution in [1.82, 2.24) is 0 Å². The molecule has 0 aromatic heterocycles. The summed E-state index contributed by atoms with van der Waals surface area (Å²) >= 11 is 15.1. The zero-order chi connectivity index (χ0) is 14.0. The average Bonchev–Trinajstić information content (AvgIpc) is 2.38. The number of nitrogens with two attached hydrogens (primary N) is 1. The summed E-state index contributed by atoms with van der Waals surface area (Å²) < 4.78 is 14.6. The van der Waals surface area contributed by atoms with Gasteiger partial charge in [0.15, 0.2) is 0 Å². The van der Waals surface area contributed by atoms with Gasteiger partial charge >= 0.3 is 0 Å². The summed E-state index contributed by atoms with van der Waals surface area (Å²) in [4.78, 5) is 0. The molecular weight excluding hydrogens is 352 g/mol. The molecule has 0 aliphatic carbocycles. The van der Waals surface area contributed by atoms with Crippen molar-refractivity contribution < 1.29 is 4.39 Å². The van der Waals surface area contributed by atoms with Crippen molar-refractivity contribution in [2.45, 2.75) is 12.5 Å². The SMILES string of the molecule is NC(Cc1cccc(Cl)c1F)c1ccc(Br)c(Cl)c1. The molecule has 0 radical (unpaired) electrons. The second-order valence-corrected chi connectivity index (χ2v) is 5.87. The zero-order valence-corrected chi connectivity index (χ0v) is 12.9. The van der Waals surface area contributed by atoms with Crippen LogP contribution >= 0.6 is 39.1 Å². The van der Waals surface area contributed by atoms with E-state index in [1.54, 1.807) is 18.2 Å². The smallest absolute Gasteiger partial charge is 0.145 e. The van der Waals surface area contributed by atoms with E-state index in [2.05, 4.69) is 15.9 Å². The summed E-state index contributed by atoms with van der Waals surface area (Å²) in [5, 5.41) is 0.693. The van der Waals surface area contributed by atoms with E-state index in [9.17, 15) is 4.39 Å². The zero-order valence-electron chi connectivity index (χ0n) is 9.84. The topological polar surface area (TPSA) is 26.0 Å². The summed E-state index contributed by atoms with van der Waals surface area (Å²) in [6, 6.07) is 10.0. The lowest BCUT2D eigenvalue weighted by Gasteiger charge is -2.14. The minimum Gasteiger partial charge on any atom is -0.324 e. The van der Waals surface area contributed by atoms with Gasteiger partial charge in [-0.05, 0) is 51.7 Å². The highest BCUT2D eigenvalue weighted by molar-refractivity contribution is 9.10. The van der Waals surface area contributed by atoms with E-state index in [0.717, 1.165) is 10.0 Å². The van der Waals surface area contributed by atoms with Crippen molar-refractivity contribution in [3.05, 3.63) is 67.9 Å². The predicted octanol–water partition coefficient (Wildman–Crippen LogP) is 5.14. The summed E-state index contributed by atoms with van der Waals surface area (Å²) in [5.74, 6) is -0.414. The lowest BCUT2D eigenvalue weighted by atomic mass is 9.99. The molecular formula is C14H11BrCl2FN. The molecule has 2 aromatic rings. The number of rotatable bonds is 3. The summed E-state index contributed by atoms with van der Waals surface area (Å²) in [7, 11) is 0. The molecule has 0 saturated heterocycles. The lowest BCUT2D eigenvalue weighted by Crippen LogP contribution is -2.14. The van der Waals surface area contributed by atoms with Gasteiger partial charge in [0.05, 0.1) is 10.0 Å². The van der Waals surface area contributed by atoms with Gasteiger partial charge in [-0.1, -0.05) is 41.4 Å². The maximum absolute atomic E-state index is 13.8. The first-order valence-electron chi connectivity index (χ1n) is 5.62. The molecule has 0 heterocycles. The third kappa shape index (κ3) is 3.48. The molecule has 2 rings (SSSR count). The molecule has 0 spiro atoms. The predicted molar refractivity (Wildman–Crippen MR) is 81.2 cm³/mol. The van der Waals surface area contributed by atoms with Crippen molar-refractivity contribution in [3.63, 3.8) is 0 Å².